The monoisotopic (exact) mass is 364 g/mol. The van der Waals surface area contributed by atoms with Crippen LogP contribution in [0.15, 0.2) is 0 Å². The Kier molecular flexibility index (Phi) is 21.0. The topological polar surface area (TPSA) is 196 Å². The molecule has 0 aliphatic heterocycles. The molecular formula is C13H15Li3N2O9. The molecule has 0 saturated carbocycles. The van der Waals surface area contributed by atoms with Gasteiger partial charge in [-0.05, 0) is 12.8 Å². The van der Waals surface area contributed by atoms with Crippen LogP contribution in [0.3, 0.4) is 0 Å². The number of ketones is 1. The molecule has 11 nitrogen and oxygen atoms in total. The smallest absolute Gasteiger partial charge is 0.548 e. The minimum atomic E-state index is -1.91. The molecule has 0 aromatic rings. The fourth-order valence-corrected chi connectivity index (χ4v) is 1.70. The molecule has 0 aromatic carbocycles. The van der Waals surface area contributed by atoms with Gasteiger partial charge in [0.15, 0.2) is 5.78 Å². The van der Waals surface area contributed by atoms with Crippen LogP contribution in [0.2, 0.25) is 0 Å². The fraction of sp³-hybridized carbons (Fsp3) is 0.538. The van der Waals surface area contributed by atoms with Gasteiger partial charge < -0.3 is 40.3 Å². The van der Waals surface area contributed by atoms with Crippen molar-refractivity contribution in [2.45, 2.75) is 44.7 Å². The summed E-state index contributed by atoms with van der Waals surface area (Å²) in [5.41, 5.74) is 0. The zero-order valence-corrected chi connectivity index (χ0v) is 15.7. The van der Waals surface area contributed by atoms with Crippen molar-refractivity contribution in [3.05, 3.63) is 0 Å². The molecule has 0 fully saturated rings. The molecule has 0 unspecified atom stereocenters. The second-order valence-corrected chi connectivity index (χ2v) is 4.82. The number of carboxylic acids is 3. The van der Waals surface area contributed by atoms with E-state index in [2.05, 4.69) is 0 Å². The van der Waals surface area contributed by atoms with E-state index in [1.165, 1.54) is 0 Å². The van der Waals surface area contributed by atoms with Crippen molar-refractivity contribution in [2.75, 3.05) is 0 Å². The summed E-state index contributed by atoms with van der Waals surface area (Å²) in [7, 11) is 0. The van der Waals surface area contributed by atoms with Crippen LogP contribution in [0.5, 0.6) is 0 Å². The molecule has 0 spiro atoms. The SMILES string of the molecule is CC(=O)N[C@@H](CC(=O)N[C@@H](CCCC(=O)C(=O)[O-])C(=O)[O-])C(=O)[O-].[Li+].[Li+].[Li+]. The summed E-state index contributed by atoms with van der Waals surface area (Å²) in [6.45, 7) is 1.02. The van der Waals surface area contributed by atoms with E-state index in [9.17, 15) is 44.1 Å². The van der Waals surface area contributed by atoms with Gasteiger partial charge in [-0.25, -0.2) is 0 Å². The molecule has 0 aliphatic carbocycles. The number of aliphatic carboxylic acids is 3. The molecule has 2 amide bonds. The molecule has 0 aliphatic rings. The first-order valence-corrected chi connectivity index (χ1v) is 6.77. The third-order valence-electron chi connectivity index (χ3n) is 2.80. The molecule has 0 rings (SSSR count). The van der Waals surface area contributed by atoms with Gasteiger partial charge >= 0.3 is 56.6 Å². The summed E-state index contributed by atoms with van der Waals surface area (Å²) in [5, 5.41) is 35.8. The Morgan fingerprint density at radius 3 is 1.67 bits per heavy atom. The third kappa shape index (κ3) is 15.6. The summed E-state index contributed by atoms with van der Waals surface area (Å²) in [6.07, 6.45) is -1.76. The predicted octanol–water partition coefficient (Wildman–Crippen LogP) is -14.6. The van der Waals surface area contributed by atoms with Crippen molar-refractivity contribution in [1.29, 1.82) is 0 Å². The number of hydrogen-bond acceptors (Lipinski definition) is 9. The van der Waals surface area contributed by atoms with E-state index < -0.39 is 60.4 Å². The Morgan fingerprint density at radius 2 is 1.30 bits per heavy atom. The van der Waals surface area contributed by atoms with Crippen molar-refractivity contribution in [3.63, 3.8) is 0 Å². The molecule has 14 heteroatoms. The molecule has 0 radical (unpaired) electrons. The maximum absolute atomic E-state index is 11.6. The number of Topliss-reactive ketones (excluding diaryl/α,β-unsaturated/α-hetero) is 1. The minimum absolute atomic E-state index is 0. The van der Waals surface area contributed by atoms with Crippen molar-refractivity contribution < 1.29 is 101 Å². The van der Waals surface area contributed by atoms with Gasteiger partial charge in [0, 0.05) is 13.3 Å². The molecule has 0 saturated heterocycles. The second kappa shape index (κ2) is 16.9. The van der Waals surface area contributed by atoms with Gasteiger partial charge in [-0.2, -0.15) is 0 Å². The van der Waals surface area contributed by atoms with Crippen LogP contribution in [0, 0.1) is 0 Å². The van der Waals surface area contributed by atoms with Gasteiger partial charge in [0.05, 0.1) is 30.4 Å². The number of hydrogen-bond donors (Lipinski definition) is 2. The third-order valence-corrected chi connectivity index (χ3v) is 2.80. The maximum atomic E-state index is 11.6. The first-order valence-electron chi connectivity index (χ1n) is 6.77. The van der Waals surface area contributed by atoms with Gasteiger partial charge in [-0.3, -0.25) is 14.4 Å². The molecule has 0 heterocycles. The van der Waals surface area contributed by atoms with Crippen LogP contribution in [0.25, 0.3) is 0 Å². The van der Waals surface area contributed by atoms with Crippen molar-refractivity contribution >= 4 is 35.5 Å². The number of nitrogens with one attached hydrogen (secondary N) is 2. The normalized spacial score (nSPS) is 11.1. The van der Waals surface area contributed by atoms with E-state index in [4.69, 9.17) is 0 Å². The first-order chi connectivity index (χ1) is 11.0. The van der Waals surface area contributed by atoms with Crippen LogP contribution in [0.1, 0.15) is 32.6 Å². The Balaban J connectivity index is -0.000000882. The standard InChI is InChI=1S/C13H18N2O9.3Li/c1-6(16)14-8(12(21)22)5-10(18)15-7(11(19)20)3-2-4-9(17)13(23)24;;;/h7-8H,2-5H2,1H3,(H,14,16)(H,15,18)(H,19,20)(H,21,22)(H,23,24);;;/q;3*+1/p-3/t7-,8-;;;/m0.../s1. The van der Waals surface area contributed by atoms with E-state index in [-0.39, 0.29) is 69.4 Å². The summed E-state index contributed by atoms with van der Waals surface area (Å²) in [6, 6.07) is -3.21. The molecule has 134 valence electrons. The number of amides is 2. The van der Waals surface area contributed by atoms with E-state index in [1.807, 2.05) is 10.6 Å². The Hall–Kier alpha value is -1.19. The van der Waals surface area contributed by atoms with Crippen LogP contribution in [-0.4, -0.2) is 47.6 Å². The molecule has 0 aromatic heterocycles. The van der Waals surface area contributed by atoms with Crippen LogP contribution in [0.4, 0.5) is 0 Å². The molecule has 27 heavy (non-hydrogen) atoms. The average Bonchev–Trinajstić information content (AvgIpc) is 2.44. The molecule has 2 N–H and O–H groups in total. The van der Waals surface area contributed by atoms with Gasteiger partial charge in [0.25, 0.3) is 0 Å². The van der Waals surface area contributed by atoms with E-state index in [0.717, 1.165) is 6.92 Å². The van der Waals surface area contributed by atoms with Gasteiger partial charge in [-0.15, -0.1) is 0 Å². The summed E-state index contributed by atoms with van der Waals surface area (Å²) in [4.78, 5) is 65.1. The summed E-state index contributed by atoms with van der Waals surface area (Å²) in [5.74, 6) is -8.30. The number of rotatable bonds is 11. The van der Waals surface area contributed by atoms with Gasteiger partial charge in [0.1, 0.15) is 5.97 Å². The number of carbonyl (C=O) groups is 6. The molecule has 0 bridgehead atoms. The number of carboxylic acid groups (broad SMARTS) is 3. The second-order valence-electron chi connectivity index (χ2n) is 4.82. The molecule has 2 atom stereocenters. The first kappa shape index (κ1) is 33.4. The van der Waals surface area contributed by atoms with E-state index in [0.29, 0.717) is 0 Å². The zero-order valence-electron chi connectivity index (χ0n) is 15.7. The summed E-state index contributed by atoms with van der Waals surface area (Å²) < 4.78 is 0. The van der Waals surface area contributed by atoms with Crippen LogP contribution < -0.4 is 82.5 Å². The Bertz CT molecular complexity index is 557. The zero-order chi connectivity index (χ0) is 18.9. The average molecular weight is 364 g/mol. The number of carbonyl (C=O) groups excluding carboxylic acids is 6. The van der Waals surface area contributed by atoms with Crippen molar-refractivity contribution in [1.82, 2.24) is 10.6 Å². The van der Waals surface area contributed by atoms with Crippen LogP contribution >= 0.6 is 0 Å². The predicted molar refractivity (Wildman–Crippen MR) is 68.0 cm³/mol. The summed E-state index contributed by atoms with van der Waals surface area (Å²) >= 11 is 0. The van der Waals surface area contributed by atoms with Gasteiger partial charge in [-0.1, -0.05) is 0 Å². The molecular weight excluding hydrogens is 349 g/mol. The van der Waals surface area contributed by atoms with Crippen LogP contribution in [-0.2, 0) is 28.8 Å². The van der Waals surface area contributed by atoms with Crippen molar-refractivity contribution in [2.24, 2.45) is 0 Å². The fourth-order valence-electron chi connectivity index (χ4n) is 1.70. The van der Waals surface area contributed by atoms with E-state index in [1.54, 1.807) is 0 Å². The Labute approximate surface area is 190 Å². The maximum Gasteiger partial charge on any atom is 1.00 e. The van der Waals surface area contributed by atoms with Gasteiger partial charge in [0.2, 0.25) is 11.8 Å². The minimum Gasteiger partial charge on any atom is -0.548 e. The van der Waals surface area contributed by atoms with E-state index >= 15 is 0 Å². The Morgan fingerprint density at radius 1 is 0.815 bits per heavy atom. The quantitative estimate of drug-likeness (QED) is 0.264. The largest absolute Gasteiger partial charge is 1.00 e. The van der Waals surface area contributed by atoms with Crippen molar-refractivity contribution in [3.8, 4) is 0 Å².